The lowest BCUT2D eigenvalue weighted by molar-refractivity contribution is 0.151. The van der Waals surface area contributed by atoms with Crippen molar-refractivity contribution in [1.82, 2.24) is 0 Å². The summed E-state index contributed by atoms with van der Waals surface area (Å²) in [4.78, 5) is 0. The zero-order chi connectivity index (χ0) is 10.1. The third-order valence-corrected chi connectivity index (χ3v) is 3.46. The van der Waals surface area contributed by atoms with Gasteiger partial charge in [-0.3, -0.25) is 0 Å². The molecule has 0 amide bonds. The van der Waals surface area contributed by atoms with Crippen LogP contribution in [-0.2, 0) is 6.42 Å². The van der Waals surface area contributed by atoms with Gasteiger partial charge in [0.1, 0.15) is 0 Å². The van der Waals surface area contributed by atoms with Gasteiger partial charge in [-0.25, -0.2) is 0 Å². The van der Waals surface area contributed by atoms with Gasteiger partial charge in [-0.05, 0) is 36.5 Å². The molecule has 1 aromatic carbocycles. The molecule has 3 heteroatoms. The average Bonchev–Trinajstić information content (AvgIpc) is 2.92. The molecular weight excluding hydrogens is 263 g/mol. The summed E-state index contributed by atoms with van der Waals surface area (Å²) in [5.41, 5.74) is 1.04. The van der Waals surface area contributed by atoms with Crippen LogP contribution in [0.1, 0.15) is 18.4 Å². The quantitative estimate of drug-likeness (QED) is 0.896. The minimum Gasteiger partial charge on any atom is -0.392 e. The van der Waals surface area contributed by atoms with Crippen LogP contribution in [0.15, 0.2) is 22.7 Å². The zero-order valence-corrected chi connectivity index (χ0v) is 10.1. The first kappa shape index (κ1) is 10.5. The Balaban J connectivity index is 2.07. The van der Waals surface area contributed by atoms with Crippen molar-refractivity contribution in [3.05, 3.63) is 33.3 Å². The summed E-state index contributed by atoms with van der Waals surface area (Å²) >= 11 is 9.41. The van der Waals surface area contributed by atoms with Crippen LogP contribution in [-0.4, -0.2) is 11.2 Å². The molecule has 1 fully saturated rings. The highest BCUT2D eigenvalue weighted by atomic mass is 79.9. The summed E-state index contributed by atoms with van der Waals surface area (Å²) in [6.45, 7) is 0. The lowest BCUT2D eigenvalue weighted by Gasteiger charge is -2.10. The van der Waals surface area contributed by atoms with Gasteiger partial charge < -0.3 is 5.11 Å². The van der Waals surface area contributed by atoms with Crippen molar-refractivity contribution in [1.29, 1.82) is 0 Å². The van der Waals surface area contributed by atoms with Crippen LogP contribution in [0.2, 0.25) is 5.02 Å². The Morgan fingerprint density at radius 1 is 1.50 bits per heavy atom. The zero-order valence-electron chi connectivity index (χ0n) is 7.71. The molecule has 0 aliphatic heterocycles. The number of hydrogen-bond acceptors (Lipinski definition) is 1. The van der Waals surface area contributed by atoms with Crippen LogP contribution in [0.3, 0.4) is 0 Å². The summed E-state index contributed by atoms with van der Waals surface area (Å²) in [6.07, 6.45) is 2.79. The maximum absolute atomic E-state index is 9.77. The second-order valence-corrected chi connectivity index (χ2v) is 5.17. The van der Waals surface area contributed by atoms with E-state index in [0.29, 0.717) is 12.3 Å². The molecule has 0 spiro atoms. The lowest BCUT2D eigenvalue weighted by Crippen LogP contribution is -2.12. The standard InChI is InChI=1S/C11H12BrClO/c12-9-4-3-8(10(13)6-9)5-11(14)7-1-2-7/h3-4,6-7,11,14H,1-2,5H2. The third-order valence-electron chi connectivity index (χ3n) is 2.61. The second kappa shape index (κ2) is 4.21. The largest absolute Gasteiger partial charge is 0.392 e. The van der Waals surface area contributed by atoms with Crippen molar-refractivity contribution in [3.63, 3.8) is 0 Å². The van der Waals surface area contributed by atoms with Crippen LogP contribution < -0.4 is 0 Å². The SMILES string of the molecule is OC(Cc1ccc(Br)cc1Cl)C1CC1. The Bertz CT molecular complexity index is 336. The molecule has 1 aliphatic carbocycles. The van der Waals surface area contributed by atoms with Gasteiger partial charge >= 0.3 is 0 Å². The topological polar surface area (TPSA) is 20.2 Å². The van der Waals surface area contributed by atoms with Gasteiger partial charge in [0.2, 0.25) is 0 Å². The molecule has 0 saturated heterocycles. The molecule has 0 heterocycles. The lowest BCUT2D eigenvalue weighted by atomic mass is 10.1. The monoisotopic (exact) mass is 274 g/mol. The molecule has 1 saturated carbocycles. The van der Waals surface area contributed by atoms with E-state index in [9.17, 15) is 5.11 Å². The van der Waals surface area contributed by atoms with Crippen molar-refractivity contribution in [2.75, 3.05) is 0 Å². The minimum absolute atomic E-state index is 0.214. The summed E-state index contributed by atoms with van der Waals surface area (Å²) in [5, 5.41) is 10.5. The summed E-state index contributed by atoms with van der Waals surface area (Å²) in [6, 6.07) is 5.80. The van der Waals surface area contributed by atoms with Crippen LogP contribution in [0, 0.1) is 5.92 Å². The molecule has 1 atom stereocenters. The van der Waals surface area contributed by atoms with E-state index in [1.807, 2.05) is 18.2 Å². The first-order chi connectivity index (χ1) is 6.66. The van der Waals surface area contributed by atoms with E-state index in [0.717, 1.165) is 27.9 Å². The summed E-state index contributed by atoms with van der Waals surface area (Å²) in [5.74, 6) is 0.509. The van der Waals surface area contributed by atoms with Gasteiger partial charge in [0.05, 0.1) is 6.10 Å². The fourth-order valence-electron chi connectivity index (χ4n) is 1.56. The summed E-state index contributed by atoms with van der Waals surface area (Å²) in [7, 11) is 0. The van der Waals surface area contributed by atoms with E-state index < -0.39 is 0 Å². The molecule has 0 bridgehead atoms. The van der Waals surface area contributed by atoms with Crippen molar-refractivity contribution in [2.45, 2.75) is 25.4 Å². The Hall–Kier alpha value is -0.0500. The van der Waals surface area contributed by atoms with E-state index in [1.165, 1.54) is 0 Å². The number of halogens is 2. The highest BCUT2D eigenvalue weighted by Crippen LogP contribution is 2.35. The molecular formula is C11H12BrClO. The number of benzene rings is 1. The molecule has 1 unspecified atom stereocenters. The highest BCUT2D eigenvalue weighted by molar-refractivity contribution is 9.10. The first-order valence-corrected chi connectivity index (χ1v) is 5.96. The van der Waals surface area contributed by atoms with Crippen LogP contribution in [0.5, 0.6) is 0 Å². The number of hydrogen-bond donors (Lipinski definition) is 1. The van der Waals surface area contributed by atoms with E-state index >= 15 is 0 Å². The van der Waals surface area contributed by atoms with Crippen LogP contribution >= 0.6 is 27.5 Å². The van der Waals surface area contributed by atoms with E-state index in [1.54, 1.807) is 0 Å². The summed E-state index contributed by atoms with van der Waals surface area (Å²) < 4.78 is 0.979. The van der Waals surface area contributed by atoms with Gasteiger partial charge in [-0.2, -0.15) is 0 Å². The highest BCUT2D eigenvalue weighted by Gasteiger charge is 2.29. The fraction of sp³-hybridized carbons (Fsp3) is 0.455. The smallest absolute Gasteiger partial charge is 0.0609 e. The Morgan fingerprint density at radius 2 is 2.21 bits per heavy atom. The van der Waals surface area contributed by atoms with Gasteiger partial charge in [-0.15, -0.1) is 0 Å². The van der Waals surface area contributed by atoms with Crippen LogP contribution in [0.25, 0.3) is 0 Å². The van der Waals surface area contributed by atoms with Crippen molar-refractivity contribution >= 4 is 27.5 Å². The van der Waals surface area contributed by atoms with E-state index in [2.05, 4.69) is 15.9 Å². The Morgan fingerprint density at radius 3 is 2.79 bits per heavy atom. The number of aliphatic hydroxyl groups is 1. The van der Waals surface area contributed by atoms with E-state index in [-0.39, 0.29) is 6.10 Å². The molecule has 0 radical (unpaired) electrons. The molecule has 1 N–H and O–H groups in total. The maximum atomic E-state index is 9.77. The van der Waals surface area contributed by atoms with Crippen molar-refractivity contribution in [2.24, 2.45) is 5.92 Å². The molecule has 76 valence electrons. The molecule has 14 heavy (non-hydrogen) atoms. The normalized spacial score (nSPS) is 18.2. The van der Waals surface area contributed by atoms with Crippen molar-refractivity contribution < 1.29 is 5.11 Å². The Kier molecular flexibility index (Phi) is 3.15. The fourth-order valence-corrected chi connectivity index (χ4v) is 2.31. The van der Waals surface area contributed by atoms with Gasteiger partial charge in [0.15, 0.2) is 0 Å². The van der Waals surface area contributed by atoms with E-state index in [4.69, 9.17) is 11.6 Å². The molecule has 1 aliphatic rings. The predicted octanol–water partition coefficient (Wildman–Crippen LogP) is 3.42. The van der Waals surface area contributed by atoms with Gasteiger partial charge in [-0.1, -0.05) is 33.6 Å². The van der Waals surface area contributed by atoms with Gasteiger partial charge in [0, 0.05) is 15.9 Å². The maximum Gasteiger partial charge on any atom is 0.0609 e. The van der Waals surface area contributed by atoms with Gasteiger partial charge in [0.25, 0.3) is 0 Å². The first-order valence-electron chi connectivity index (χ1n) is 4.79. The second-order valence-electron chi connectivity index (χ2n) is 3.84. The molecule has 1 nitrogen and oxygen atoms in total. The number of aliphatic hydroxyl groups excluding tert-OH is 1. The molecule has 0 aromatic heterocycles. The number of rotatable bonds is 3. The van der Waals surface area contributed by atoms with Crippen LogP contribution in [0.4, 0.5) is 0 Å². The predicted molar refractivity (Wildman–Crippen MR) is 61.6 cm³/mol. The minimum atomic E-state index is -0.214. The van der Waals surface area contributed by atoms with Crippen molar-refractivity contribution in [3.8, 4) is 0 Å². The molecule has 1 aromatic rings. The average molecular weight is 276 g/mol. The third kappa shape index (κ3) is 2.50. The molecule has 2 rings (SSSR count). The Labute approximate surface area is 97.2 Å².